The van der Waals surface area contributed by atoms with Crippen LogP contribution in [0.15, 0.2) is 0 Å². The highest BCUT2D eigenvalue weighted by Crippen LogP contribution is 2.10. The molecule has 72 valence electrons. The van der Waals surface area contributed by atoms with Crippen LogP contribution in [0, 0.1) is 0 Å². The second-order valence-electron chi connectivity index (χ2n) is 3.07. The number of hydrogen-bond donors (Lipinski definition) is 2. The molecule has 0 radical (unpaired) electrons. The largest absolute Gasteiger partial charge is 0.390 e. The predicted octanol–water partition coefficient (Wildman–Crippen LogP) is -1.79. The lowest BCUT2D eigenvalue weighted by Crippen LogP contribution is -2.43. The Morgan fingerprint density at radius 2 is 2.08 bits per heavy atom. The van der Waals surface area contributed by atoms with Crippen LogP contribution in [-0.2, 0) is 10.0 Å². The van der Waals surface area contributed by atoms with Crippen LogP contribution >= 0.6 is 0 Å². The topological polar surface area (TPSA) is 69.6 Å². The average Bonchev–Trinajstić information content (AvgIpc) is 2.31. The van der Waals surface area contributed by atoms with E-state index in [1.165, 1.54) is 11.4 Å². The Morgan fingerprint density at radius 3 is 2.42 bits per heavy atom. The van der Waals surface area contributed by atoms with Crippen molar-refractivity contribution < 1.29 is 13.5 Å². The van der Waals surface area contributed by atoms with Crippen LogP contribution in [-0.4, -0.2) is 56.4 Å². The summed E-state index contributed by atoms with van der Waals surface area (Å²) in [7, 11) is -1.70. The van der Waals surface area contributed by atoms with Crippen LogP contribution in [0.1, 0.15) is 0 Å². The van der Waals surface area contributed by atoms with Gasteiger partial charge in [0.15, 0.2) is 0 Å². The fraction of sp³-hybridized carbons (Fsp3) is 1.00. The van der Waals surface area contributed by atoms with Gasteiger partial charge in [0.05, 0.1) is 18.4 Å². The number of nitrogens with zero attached hydrogens (tertiary/aromatic N) is 1. The van der Waals surface area contributed by atoms with E-state index >= 15 is 0 Å². The summed E-state index contributed by atoms with van der Waals surface area (Å²) in [5, 5.41) is 12.3. The van der Waals surface area contributed by atoms with Crippen molar-refractivity contribution in [3.8, 4) is 0 Å². The normalized spacial score (nSPS) is 31.3. The van der Waals surface area contributed by atoms with E-state index in [4.69, 9.17) is 0 Å². The molecule has 0 aliphatic carbocycles. The summed E-state index contributed by atoms with van der Waals surface area (Å²) >= 11 is 0. The highest BCUT2D eigenvalue weighted by Gasteiger charge is 2.32. The molecule has 1 rings (SSSR count). The fourth-order valence-electron chi connectivity index (χ4n) is 1.27. The molecule has 0 bridgehead atoms. The van der Waals surface area contributed by atoms with Gasteiger partial charge in [-0.05, 0) is 0 Å². The number of aliphatic hydroxyl groups excluding tert-OH is 1. The molecule has 1 aliphatic heterocycles. The lowest BCUT2D eigenvalue weighted by atomic mass is 10.2. The molecule has 2 atom stereocenters. The van der Waals surface area contributed by atoms with E-state index in [1.807, 2.05) is 0 Å². The van der Waals surface area contributed by atoms with Crippen LogP contribution in [0.3, 0.4) is 0 Å². The van der Waals surface area contributed by atoms with E-state index in [9.17, 15) is 13.5 Å². The third-order valence-electron chi connectivity index (χ3n) is 2.14. The molecule has 0 spiro atoms. The zero-order valence-corrected chi connectivity index (χ0v) is 8.00. The van der Waals surface area contributed by atoms with Crippen molar-refractivity contribution in [2.75, 3.05) is 26.4 Å². The molecule has 1 fully saturated rings. The van der Waals surface area contributed by atoms with Gasteiger partial charge in [0.25, 0.3) is 0 Å². The molecule has 0 amide bonds. The second-order valence-corrected chi connectivity index (χ2v) is 5.11. The van der Waals surface area contributed by atoms with E-state index < -0.39 is 16.1 Å². The average molecular weight is 194 g/mol. The predicted molar refractivity (Wildman–Crippen MR) is 45.3 cm³/mol. The van der Waals surface area contributed by atoms with Crippen LogP contribution in [0.25, 0.3) is 0 Å². The maximum atomic E-state index is 11.1. The van der Waals surface area contributed by atoms with Gasteiger partial charge in [0.2, 0.25) is 10.0 Å². The molecule has 6 heteroatoms. The lowest BCUT2D eigenvalue weighted by Gasteiger charge is -2.23. The molecule has 12 heavy (non-hydrogen) atoms. The van der Waals surface area contributed by atoms with Crippen LogP contribution in [0.2, 0.25) is 0 Å². The fourth-order valence-corrected chi connectivity index (χ4v) is 1.97. The van der Waals surface area contributed by atoms with Crippen LogP contribution < -0.4 is 5.32 Å². The van der Waals surface area contributed by atoms with E-state index in [0.29, 0.717) is 13.1 Å². The number of nitrogens with one attached hydrogen (secondary N) is 1. The van der Waals surface area contributed by atoms with Crippen molar-refractivity contribution >= 4 is 10.0 Å². The minimum absolute atomic E-state index is 0.319. The van der Waals surface area contributed by atoms with Gasteiger partial charge in [-0.1, -0.05) is 0 Å². The third-order valence-corrected chi connectivity index (χ3v) is 3.46. The highest BCUT2D eigenvalue weighted by atomic mass is 32.2. The number of aliphatic hydroxyl groups is 1. The van der Waals surface area contributed by atoms with Gasteiger partial charge >= 0.3 is 0 Å². The van der Waals surface area contributed by atoms with Gasteiger partial charge in [0.1, 0.15) is 0 Å². The summed E-state index contributed by atoms with van der Waals surface area (Å²) in [5.74, 6) is 0. The summed E-state index contributed by atoms with van der Waals surface area (Å²) in [5.41, 5.74) is 0. The zero-order valence-electron chi connectivity index (χ0n) is 7.19. The molecule has 5 nitrogen and oxygen atoms in total. The Morgan fingerprint density at radius 1 is 1.50 bits per heavy atom. The molecular formula is C6H14N2O3S. The maximum absolute atomic E-state index is 11.1. The number of likely N-dealkylation sites (N-methyl/N-ethyl adjacent to an activating group) is 1. The zero-order chi connectivity index (χ0) is 9.35. The first-order chi connectivity index (χ1) is 5.43. The van der Waals surface area contributed by atoms with E-state index in [0.717, 1.165) is 6.26 Å². The van der Waals surface area contributed by atoms with Crippen molar-refractivity contribution in [1.82, 2.24) is 9.62 Å². The quantitative estimate of drug-likeness (QED) is 0.545. The summed E-state index contributed by atoms with van der Waals surface area (Å²) < 4.78 is 23.3. The standard InChI is InChI=1S/C6H14N2O3S/c1-8(12(2,10)11)5-3-7-4-6(5)9/h5-7,9H,3-4H2,1-2H3/t5-,6-/m1/s1. The number of rotatable bonds is 2. The van der Waals surface area contributed by atoms with Crippen LogP contribution in [0.5, 0.6) is 0 Å². The van der Waals surface area contributed by atoms with E-state index in [1.54, 1.807) is 0 Å². The maximum Gasteiger partial charge on any atom is 0.211 e. The lowest BCUT2D eigenvalue weighted by molar-refractivity contribution is 0.136. The van der Waals surface area contributed by atoms with Gasteiger partial charge in [-0.25, -0.2) is 8.42 Å². The molecular weight excluding hydrogens is 180 g/mol. The minimum atomic E-state index is -3.19. The molecule has 1 heterocycles. The summed E-state index contributed by atoms with van der Waals surface area (Å²) in [6.45, 7) is 0.981. The first-order valence-electron chi connectivity index (χ1n) is 3.74. The van der Waals surface area contributed by atoms with Crippen molar-refractivity contribution in [2.45, 2.75) is 12.1 Å². The molecule has 0 unspecified atom stereocenters. The molecule has 1 saturated heterocycles. The van der Waals surface area contributed by atoms with E-state index in [-0.39, 0.29) is 6.04 Å². The molecule has 0 aromatic rings. The molecule has 0 aromatic carbocycles. The van der Waals surface area contributed by atoms with Gasteiger partial charge in [-0.2, -0.15) is 4.31 Å². The minimum Gasteiger partial charge on any atom is -0.390 e. The first kappa shape index (κ1) is 9.91. The second kappa shape index (κ2) is 3.29. The number of β-amino-alcohol motifs (C(OH)–C–C–N with tert-alkyl or cyclic N) is 1. The SMILES string of the molecule is CN([C@@H]1CNC[C@H]1O)S(C)(=O)=O. The highest BCUT2D eigenvalue weighted by molar-refractivity contribution is 7.88. The van der Waals surface area contributed by atoms with Gasteiger partial charge < -0.3 is 10.4 Å². The van der Waals surface area contributed by atoms with Crippen LogP contribution in [0.4, 0.5) is 0 Å². The van der Waals surface area contributed by atoms with Gasteiger partial charge in [0, 0.05) is 20.1 Å². The molecule has 1 aliphatic rings. The Balaban J connectivity index is 2.70. The Labute approximate surface area is 72.4 Å². The Bertz CT molecular complexity index is 252. The van der Waals surface area contributed by atoms with Crippen molar-refractivity contribution in [3.05, 3.63) is 0 Å². The summed E-state index contributed by atoms with van der Waals surface area (Å²) in [6, 6.07) is -0.319. The number of sulfonamides is 1. The smallest absolute Gasteiger partial charge is 0.211 e. The van der Waals surface area contributed by atoms with E-state index in [2.05, 4.69) is 5.32 Å². The number of hydrogen-bond acceptors (Lipinski definition) is 4. The Hall–Kier alpha value is -0.170. The Kier molecular flexibility index (Phi) is 2.72. The molecule has 2 N–H and O–H groups in total. The summed E-state index contributed by atoms with van der Waals surface area (Å²) in [4.78, 5) is 0. The molecule has 0 saturated carbocycles. The third kappa shape index (κ3) is 1.95. The van der Waals surface area contributed by atoms with Crippen molar-refractivity contribution in [3.63, 3.8) is 0 Å². The summed E-state index contributed by atoms with van der Waals surface area (Å²) in [6.07, 6.45) is 0.544. The first-order valence-corrected chi connectivity index (χ1v) is 5.59. The van der Waals surface area contributed by atoms with Crippen molar-refractivity contribution in [2.24, 2.45) is 0 Å². The van der Waals surface area contributed by atoms with Gasteiger partial charge in [-0.15, -0.1) is 0 Å². The molecule has 0 aromatic heterocycles. The van der Waals surface area contributed by atoms with Crippen molar-refractivity contribution in [1.29, 1.82) is 0 Å². The monoisotopic (exact) mass is 194 g/mol. The van der Waals surface area contributed by atoms with Gasteiger partial charge in [-0.3, -0.25) is 0 Å².